The van der Waals surface area contributed by atoms with Crippen molar-refractivity contribution in [2.75, 3.05) is 0 Å². The van der Waals surface area contributed by atoms with Crippen LogP contribution in [0, 0.1) is 0 Å². The molecule has 0 aromatic carbocycles. The maximum Gasteiger partial charge on any atom is 0.352 e. The summed E-state index contributed by atoms with van der Waals surface area (Å²) in [6.07, 6.45) is 0.647. The highest BCUT2D eigenvalue weighted by Gasteiger charge is 2.50. The third-order valence-corrected chi connectivity index (χ3v) is 2.58. The Kier molecular flexibility index (Phi) is 1.83. The van der Waals surface area contributed by atoms with Crippen LogP contribution in [0.3, 0.4) is 0 Å². The number of aliphatic hydroxyl groups is 1. The first-order valence-electron chi connectivity index (χ1n) is 4.24. The third-order valence-electron chi connectivity index (χ3n) is 2.58. The first-order valence-corrected chi connectivity index (χ1v) is 4.24. The largest absolute Gasteiger partial charge is 0.477 e. The fourth-order valence-corrected chi connectivity index (χ4v) is 1.87. The van der Waals surface area contributed by atoms with Crippen molar-refractivity contribution in [3.8, 4) is 0 Å². The maximum atomic E-state index is 11.2. The van der Waals surface area contributed by atoms with Crippen molar-refractivity contribution in [1.82, 2.24) is 4.90 Å². The van der Waals surface area contributed by atoms with Gasteiger partial charge in [0.1, 0.15) is 11.7 Å². The van der Waals surface area contributed by atoms with Crippen LogP contribution in [0.2, 0.25) is 0 Å². The molecule has 0 saturated carbocycles. The molecule has 3 atom stereocenters. The topological polar surface area (TPSA) is 104 Å². The molecule has 2 aliphatic rings. The molecule has 0 aliphatic carbocycles. The van der Waals surface area contributed by atoms with Crippen molar-refractivity contribution < 1.29 is 19.8 Å². The number of aliphatic carboxylic acids is 1. The van der Waals surface area contributed by atoms with E-state index in [1.165, 1.54) is 6.08 Å². The predicted octanol–water partition coefficient (Wildman–Crippen LogP) is -1.74. The molecule has 0 radical (unpaired) electrons. The highest BCUT2D eigenvalue weighted by molar-refractivity contribution is 5.99. The number of carbonyl (C=O) groups excluding carboxylic acids is 1. The van der Waals surface area contributed by atoms with E-state index in [0.29, 0.717) is 6.42 Å². The van der Waals surface area contributed by atoms with E-state index in [4.69, 9.17) is 10.8 Å². The van der Waals surface area contributed by atoms with E-state index < -0.39 is 24.0 Å². The standard InChI is InChI=1S/C8H10N2O4/c9-6-4-1-3(11)2-5(8(13)14)10(4)7(6)12/h2-4,6,11H,1,9H2,(H,13,14)/t3-,4-,6+/m0/s1. The molecule has 14 heavy (non-hydrogen) atoms. The van der Waals surface area contributed by atoms with Crippen molar-refractivity contribution in [1.29, 1.82) is 0 Å². The van der Waals surface area contributed by atoms with Crippen LogP contribution < -0.4 is 5.73 Å². The molecule has 1 amide bonds. The Balaban J connectivity index is 2.32. The second-order valence-electron chi connectivity index (χ2n) is 3.46. The molecule has 0 unspecified atom stereocenters. The molecule has 4 N–H and O–H groups in total. The van der Waals surface area contributed by atoms with Crippen molar-refractivity contribution in [3.05, 3.63) is 11.8 Å². The molecule has 2 rings (SSSR count). The van der Waals surface area contributed by atoms with Gasteiger partial charge < -0.3 is 15.9 Å². The number of carboxylic acids is 1. The van der Waals surface area contributed by atoms with Gasteiger partial charge in [-0.1, -0.05) is 0 Å². The maximum absolute atomic E-state index is 11.2. The van der Waals surface area contributed by atoms with E-state index >= 15 is 0 Å². The number of carbonyl (C=O) groups is 2. The summed E-state index contributed by atoms with van der Waals surface area (Å²) in [7, 11) is 0. The number of carboxylic acid groups (broad SMARTS) is 1. The van der Waals surface area contributed by atoms with E-state index in [9.17, 15) is 14.7 Å². The summed E-state index contributed by atoms with van der Waals surface area (Å²) in [5, 5.41) is 18.1. The molecule has 0 bridgehead atoms. The van der Waals surface area contributed by atoms with Crippen molar-refractivity contribution in [3.63, 3.8) is 0 Å². The van der Waals surface area contributed by atoms with Crippen molar-refractivity contribution in [2.24, 2.45) is 5.73 Å². The van der Waals surface area contributed by atoms with E-state index in [0.717, 1.165) is 4.90 Å². The van der Waals surface area contributed by atoms with E-state index in [2.05, 4.69) is 0 Å². The van der Waals surface area contributed by atoms with Crippen LogP contribution in [-0.2, 0) is 9.59 Å². The van der Waals surface area contributed by atoms with E-state index in [1.54, 1.807) is 0 Å². The lowest BCUT2D eigenvalue weighted by atomic mass is 9.86. The zero-order chi connectivity index (χ0) is 10.5. The molecule has 2 heterocycles. The summed E-state index contributed by atoms with van der Waals surface area (Å²) in [5.41, 5.74) is 5.31. The zero-order valence-electron chi connectivity index (χ0n) is 7.25. The second-order valence-corrected chi connectivity index (χ2v) is 3.46. The number of hydrogen-bond acceptors (Lipinski definition) is 4. The first-order chi connectivity index (χ1) is 6.52. The lowest BCUT2D eigenvalue weighted by molar-refractivity contribution is -0.153. The molecule has 76 valence electrons. The summed E-state index contributed by atoms with van der Waals surface area (Å²) in [6, 6.07) is -1.04. The normalized spacial score (nSPS) is 35.9. The average Bonchev–Trinajstić information content (AvgIpc) is 2.15. The van der Waals surface area contributed by atoms with Crippen LogP contribution in [-0.4, -0.2) is 45.2 Å². The second kappa shape index (κ2) is 2.79. The number of hydrogen-bond donors (Lipinski definition) is 3. The van der Waals surface area contributed by atoms with Gasteiger partial charge in [-0.25, -0.2) is 4.79 Å². The number of amides is 1. The van der Waals surface area contributed by atoms with Crippen LogP contribution in [0.15, 0.2) is 11.8 Å². The molecular formula is C8H10N2O4. The molecule has 1 fully saturated rings. The van der Waals surface area contributed by atoms with Gasteiger partial charge >= 0.3 is 5.97 Å². The van der Waals surface area contributed by atoms with Gasteiger partial charge in [0.25, 0.3) is 0 Å². The van der Waals surface area contributed by atoms with Crippen LogP contribution in [0.5, 0.6) is 0 Å². The van der Waals surface area contributed by atoms with Crippen molar-refractivity contribution >= 4 is 11.9 Å². The van der Waals surface area contributed by atoms with Crippen LogP contribution in [0.4, 0.5) is 0 Å². The fourth-order valence-electron chi connectivity index (χ4n) is 1.87. The SMILES string of the molecule is N[C@H]1C(=O)N2C(C(=O)O)=C[C@@H](O)C[C@@H]12. The number of fused-ring (bicyclic) bond motifs is 1. The Labute approximate surface area is 79.6 Å². The minimum absolute atomic E-state index is 0.166. The molecule has 0 aromatic rings. The van der Waals surface area contributed by atoms with Gasteiger partial charge in [-0.3, -0.25) is 9.69 Å². The van der Waals surface area contributed by atoms with Gasteiger partial charge in [-0.15, -0.1) is 0 Å². The summed E-state index contributed by atoms with van der Waals surface area (Å²) in [5.74, 6) is -1.61. The highest BCUT2D eigenvalue weighted by Crippen LogP contribution is 2.31. The van der Waals surface area contributed by atoms with Crippen molar-refractivity contribution in [2.45, 2.75) is 24.6 Å². The highest BCUT2D eigenvalue weighted by atomic mass is 16.4. The summed E-state index contributed by atoms with van der Waals surface area (Å²) in [6.45, 7) is 0. The molecule has 0 aromatic heterocycles. The Morgan fingerprint density at radius 1 is 1.64 bits per heavy atom. The Morgan fingerprint density at radius 2 is 2.29 bits per heavy atom. The number of nitrogens with two attached hydrogens (primary N) is 1. The van der Waals surface area contributed by atoms with Crippen LogP contribution in [0.25, 0.3) is 0 Å². The molecule has 2 aliphatic heterocycles. The summed E-state index contributed by atoms with van der Waals surface area (Å²) >= 11 is 0. The lowest BCUT2D eigenvalue weighted by Crippen LogP contribution is -2.70. The third kappa shape index (κ3) is 1.04. The van der Waals surface area contributed by atoms with Gasteiger partial charge in [-0.05, 0) is 12.5 Å². The smallest absolute Gasteiger partial charge is 0.352 e. The first kappa shape index (κ1) is 9.17. The number of rotatable bonds is 1. The molecule has 6 heteroatoms. The summed E-state index contributed by atoms with van der Waals surface area (Å²) < 4.78 is 0. The van der Waals surface area contributed by atoms with Gasteiger partial charge in [0.2, 0.25) is 5.91 Å². The van der Waals surface area contributed by atoms with Crippen LogP contribution in [0.1, 0.15) is 6.42 Å². The van der Waals surface area contributed by atoms with E-state index in [-0.39, 0.29) is 11.7 Å². The fraction of sp³-hybridized carbons (Fsp3) is 0.500. The van der Waals surface area contributed by atoms with Gasteiger partial charge in [-0.2, -0.15) is 0 Å². The average molecular weight is 198 g/mol. The number of nitrogens with zero attached hydrogens (tertiary/aromatic N) is 1. The quantitative estimate of drug-likeness (QED) is 0.434. The molecule has 6 nitrogen and oxygen atoms in total. The monoisotopic (exact) mass is 198 g/mol. The van der Waals surface area contributed by atoms with Gasteiger partial charge in [0, 0.05) is 0 Å². The Hall–Kier alpha value is -1.40. The van der Waals surface area contributed by atoms with Gasteiger partial charge in [0.05, 0.1) is 12.1 Å². The minimum atomic E-state index is -1.21. The molecular weight excluding hydrogens is 188 g/mol. The number of aliphatic hydroxyl groups excluding tert-OH is 1. The molecule has 0 spiro atoms. The predicted molar refractivity (Wildman–Crippen MR) is 45.0 cm³/mol. The number of β-lactam (4-membered cyclic amide) rings is 1. The Bertz CT molecular complexity index is 338. The molecule has 1 saturated heterocycles. The Morgan fingerprint density at radius 3 is 2.86 bits per heavy atom. The lowest BCUT2D eigenvalue weighted by Gasteiger charge is -2.48. The van der Waals surface area contributed by atoms with Gasteiger partial charge in [0.15, 0.2) is 0 Å². The minimum Gasteiger partial charge on any atom is -0.477 e. The van der Waals surface area contributed by atoms with E-state index in [1.807, 2.05) is 0 Å². The van der Waals surface area contributed by atoms with Crippen LogP contribution >= 0.6 is 0 Å². The zero-order valence-corrected chi connectivity index (χ0v) is 7.25. The summed E-state index contributed by atoms with van der Waals surface area (Å²) in [4.78, 5) is 23.1.